The van der Waals surface area contributed by atoms with Crippen LogP contribution in [-0.4, -0.2) is 43.6 Å². The number of halogens is 1. The molecule has 18 heavy (non-hydrogen) atoms. The molecule has 1 heterocycles. The van der Waals surface area contributed by atoms with Crippen LogP contribution in [-0.2, 0) is 4.79 Å². The topological polar surface area (TPSA) is 41.6 Å². The minimum absolute atomic E-state index is 0.0210. The van der Waals surface area contributed by atoms with Crippen LogP contribution in [0, 0.1) is 0 Å². The van der Waals surface area contributed by atoms with Gasteiger partial charge in [-0.1, -0.05) is 17.7 Å². The van der Waals surface area contributed by atoms with Crippen molar-refractivity contribution in [1.29, 1.82) is 0 Å². The highest BCUT2D eigenvalue weighted by Gasteiger charge is 2.25. The smallest absolute Gasteiger partial charge is 0.260 e. The molecule has 98 valence electrons. The van der Waals surface area contributed by atoms with E-state index in [2.05, 4.69) is 5.32 Å². The molecule has 0 bridgehead atoms. The Balaban J connectivity index is 1.82. The Morgan fingerprint density at radius 3 is 3.11 bits per heavy atom. The van der Waals surface area contributed by atoms with Crippen molar-refractivity contribution < 1.29 is 9.53 Å². The molecule has 1 unspecified atom stereocenters. The highest BCUT2D eigenvalue weighted by Crippen LogP contribution is 2.17. The zero-order valence-electron chi connectivity index (χ0n) is 10.4. The lowest BCUT2D eigenvalue weighted by molar-refractivity contribution is -0.132. The second-order valence-electron chi connectivity index (χ2n) is 4.36. The summed E-state index contributed by atoms with van der Waals surface area (Å²) in [6, 6.07) is 7.47. The van der Waals surface area contributed by atoms with Gasteiger partial charge in [0.15, 0.2) is 6.61 Å². The highest BCUT2D eigenvalue weighted by atomic mass is 35.5. The first kappa shape index (κ1) is 13.2. The lowest BCUT2D eigenvalue weighted by Crippen LogP contribution is -2.36. The number of benzene rings is 1. The molecule has 4 nitrogen and oxygen atoms in total. The molecule has 0 saturated carbocycles. The van der Waals surface area contributed by atoms with Crippen LogP contribution in [0.2, 0.25) is 5.02 Å². The quantitative estimate of drug-likeness (QED) is 0.901. The SMILES string of the molecule is CNC1CCN(C(=O)COc2cccc(Cl)c2)C1. The van der Waals surface area contributed by atoms with Gasteiger partial charge in [-0.2, -0.15) is 0 Å². The predicted octanol–water partition coefficient (Wildman–Crippen LogP) is 1.54. The molecule has 1 aromatic carbocycles. The van der Waals surface area contributed by atoms with E-state index >= 15 is 0 Å². The average molecular weight is 269 g/mol. The number of hydrogen-bond acceptors (Lipinski definition) is 3. The maximum Gasteiger partial charge on any atom is 0.260 e. The summed E-state index contributed by atoms with van der Waals surface area (Å²) in [5, 5.41) is 3.79. The van der Waals surface area contributed by atoms with E-state index in [4.69, 9.17) is 16.3 Å². The minimum Gasteiger partial charge on any atom is -0.484 e. The van der Waals surface area contributed by atoms with Gasteiger partial charge in [-0.15, -0.1) is 0 Å². The third kappa shape index (κ3) is 3.37. The monoisotopic (exact) mass is 268 g/mol. The molecule has 0 radical (unpaired) electrons. The van der Waals surface area contributed by atoms with Gasteiger partial charge in [0.1, 0.15) is 5.75 Å². The van der Waals surface area contributed by atoms with Crippen LogP contribution < -0.4 is 10.1 Å². The Morgan fingerprint density at radius 1 is 1.61 bits per heavy atom. The molecule has 1 N–H and O–H groups in total. The summed E-state index contributed by atoms with van der Waals surface area (Å²) in [5.74, 6) is 0.646. The number of ether oxygens (including phenoxy) is 1. The first-order chi connectivity index (χ1) is 8.69. The van der Waals surface area contributed by atoms with E-state index in [-0.39, 0.29) is 12.5 Å². The Kier molecular flexibility index (Phi) is 4.44. The van der Waals surface area contributed by atoms with Gasteiger partial charge in [-0.3, -0.25) is 4.79 Å². The number of carbonyl (C=O) groups is 1. The Hall–Kier alpha value is -1.26. The van der Waals surface area contributed by atoms with Gasteiger partial charge < -0.3 is 15.0 Å². The van der Waals surface area contributed by atoms with Crippen LogP contribution in [0.3, 0.4) is 0 Å². The summed E-state index contributed by atoms with van der Waals surface area (Å²) < 4.78 is 5.43. The maximum atomic E-state index is 11.9. The molecule has 0 aliphatic carbocycles. The second-order valence-corrected chi connectivity index (χ2v) is 4.80. The number of carbonyl (C=O) groups excluding carboxylic acids is 1. The van der Waals surface area contributed by atoms with Crippen molar-refractivity contribution in [2.24, 2.45) is 0 Å². The molecule has 1 fully saturated rings. The first-order valence-electron chi connectivity index (χ1n) is 6.02. The van der Waals surface area contributed by atoms with E-state index in [1.54, 1.807) is 24.3 Å². The third-order valence-corrected chi connectivity index (χ3v) is 3.34. The molecule has 1 saturated heterocycles. The van der Waals surface area contributed by atoms with E-state index in [1.165, 1.54) is 0 Å². The molecule has 1 aliphatic rings. The number of hydrogen-bond donors (Lipinski definition) is 1. The zero-order valence-corrected chi connectivity index (χ0v) is 11.1. The lowest BCUT2D eigenvalue weighted by Gasteiger charge is -2.16. The van der Waals surface area contributed by atoms with Crippen LogP contribution in [0.25, 0.3) is 0 Å². The molecule has 1 atom stereocenters. The van der Waals surface area contributed by atoms with Gasteiger partial charge in [0.25, 0.3) is 5.91 Å². The van der Waals surface area contributed by atoms with Gasteiger partial charge in [-0.25, -0.2) is 0 Å². The number of amides is 1. The van der Waals surface area contributed by atoms with E-state index in [0.717, 1.165) is 19.5 Å². The Morgan fingerprint density at radius 2 is 2.44 bits per heavy atom. The summed E-state index contributed by atoms with van der Waals surface area (Å²) in [6.45, 7) is 1.62. The fraction of sp³-hybridized carbons (Fsp3) is 0.462. The minimum atomic E-state index is 0.0210. The molecule has 1 amide bonds. The molecule has 1 aromatic rings. The molecule has 0 aromatic heterocycles. The largest absolute Gasteiger partial charge is 0.484 e. The summed E-state index contributed by atoms with van der Waals surface area (Å²) in [6.07, 6.45) is 0.999. The summed E-state index contributed by atoms with van der Waals surface area (Å²) in [5.41, 5.74) is 0. The van der Waals surface area contributed by atoms with Crippen LogP contribution >= 0.6 is 11.6 Å². The predicted molar refractivity (Wildman–Crippen MR) is 71.0 cm³/mol. The zero-order chi connectivity index (χ0) is 13.0. The fourth-order valence-electron chi connectivity index (χ4n) is 2.02. The van der Waals surface area contributed by atoms with Crippen molar-refractivity contribution in [3.05, 3.63) is 29.3 Å². The van der Waals surface area contributed by atoms with Gasteiger partial charge in [0, 0.05) is 24.2 Å². The van der Waals surface area contributed by atoms with Crippen LogP contribution in [0.15, 0.2) is 24.3 Å². The molecular weight excluding hydrogens is 252 g/mol. The molecule has 0 spiro atoms. The standard InChI is InChI=1S/C13H17ClN2O2/c1-15-11-5-6-16(8-11)13(17)9-18-12-4-2-3-10(14)7-12/h2-4,7,11,15H,5-6,8-9H2,1H3. The number of likely N-dealkylation sites (N-methyl/N-ethyl adjacent to an activating group) is 1. The van der Waals surface area contributed by atoms with E-state index < -0.39 is 0 Å². The number of likely N-dealkylation sites (tertiary alicyclic amines) is 1. The van der Waals surface area contributed by atoms with Gasteiger partial charge in [-0.05, 0) is 31.7 Å². The van der Waals surface area contributed by atoms with Crippen molar-refractivity contribution >= 4 is 17.5 Å². The number of rotatable bonds is 4. The van der Waals surface area contributed by atoms with Crippen LogP contribution in [0.5, 0.6) is 5.75 Å². The molecule has 1 aliphatic heterocycles. The second kappa shape index (κ2) is 6.07. The molecule has 5 heteroatoms. The Labute approximate surface area is 112 Å². The summed E-state index contributed by atoms with van der Waals surface area (Å²) in [4.78, 5) is 13.7. The fourth-order valence-corrected chi connectivity index (χ4v) is 2.20. The highest BCUT2D eigenvalue weighted by molar-refractivity contribution is 6.30. The van der Waals surface area contributed by atoms with Gasteiger partial charge in [0.05, 0.1) is 0 Å². The molecular formula is C13H17ClN2O2. The summed E-state index contributed by atoms with van der Waals surface area (Å²) >= 11 is 5.84. The van der Waals surface area contributed by atoms with E-state index in [9.17, 15) is 4.79 Å². The third-order valence-electron chi connectivity index (χ3n) is 3.11. The van der Waals surface area contributed by atoms with Crippen molar-refractivity contribution in [3.8, 4) is 5.75 Å². The Bertz CT molecular complexity index is 425. The average Bonchev–Trinajstić information content (AvgIpc) is 2.85. The van der Waals surface area contributed by atoms with Crippen molar-refractivity contribution in [2.75, 3.05) is 26.7 Å². The number of nitrogens with one attached hydrogen (secondary N) is 1. The first-order valence-corrected chi connectivity index (χ1v) is 6.40. The van der Waals surface area contributed by atoms with Crippen molar-refractivity contribution in [2.45, 2.75) is 12.5 Å². The lowest BCUT2D eigenvalue weighted by atomic mass is 10.3. The molecule has 2 rings (SSSR count). The van der Waals surface area contributed by atoms with Gasteiger partial charge in [0.2, 0.25) is 0 Å². The summed E-state index contributed by atoms with van der Waals surface area (Å²) in [7, 11) is 1.92. The van der Waals surface area contributed by atoms with Crippen molar-refractivity contribution in [1.82, 2.24) is 10.2 Å². The van der Waals surface area contributed by atoms with E-state index in [0.29, 0.717) is 16.8 Å². The van der Waals surface area contributed by atoms with Crippen LogP contribution in [0.4, 0.5) is 0 Å². The van der Waals surface area contributed by atoms with E-state index in [1.807, 2.05) is 11.9 Å². The number of nitrogens with zero attached hydrogens (tertiary/aromatic N) is 1. The van der Waals surface area contributed by atoms with Crippen LogP contribution in [0.1, 0.15) is 6.42 Å². The maximum absolute atomic E-state index is 11.9. The van der Waals surface area contributed by atoms with Crippen molar-refractivity contribution in [3.63, 3.8) is 0 Å². The normalized spacial score (nSPS) is 19.0. The van der Waals surface area contributed by atoms with Gasteiger partial charge >= 0.3 is 0 Å².